The topological polar surface area (TPSA) is 47.4 Å². The molecule has 0 radical (unpaired) electrons. The van der Waals surface area contributed by atoms with Crippen LogP contribution in [0.4, 0.5) is 0 Å². The highest BCUT2D eigenvalue weighted by molar-refractivity contribution is 5.78. The highest BCUT2D eigenvalue weighted by Gasteiger charge is 2.33. The highest BCUT2D eigenvalue weighted by atomic mass is 16.5. The van der Waals surface area contributed by atoms with Crippen LogP contribution in [-0.2, 0) is 9.53 Å². The molecule has 3 rings (SSSR count). The fourth-order valence-corrected chi connectivity index (χ4v) is 3.41. The average molecular weight is 313 g/mol. The molecule has 0 bridgehead atoms. The summed E-state index contributed by atoms with van der Waals surface area (Å²) < 4.78 is 7.10. The highest BCUT2D eigenvalue weighted by Crippen LogP contribution is 2.31. The minimum Gasteiger partial charge on any atom is -0.468 e. The van der Waals surface area contributed by atoms with E-state index in [4.69, 9.17) is 4.74 Å². The normalized spacial score (nSPS) is 20.2. The Morgan fingerprint density at radius 3 is 2.87 bits per heavy atom. The third-order valence-corrected chi connectivity index (χ3v) is 4.60. The van der Waals surface area contributed by atoms with Crippen LogP contribution in [0.25, 0.3) is 0 Å². The molecule has 0 spiro atoms. The van der Waals surface area contributed by atoms with Gasteiger partial charge in [-0.3, -0.25) is 9.58 Å². The third kappa shape index (κ3) is 3.29. The summed E-state index contributed by atoms with van der Waals surface area (Å²) in [5.41, 5.74) is 2.14. The Balaban J connectivity index is 1.88. The molecule has 1 aliphatic rings. The number of benzene rings is 1. The number of methoxy groups -OCH3 is 1. The van der Waals surface area contributed by atoms with Gasteiger partial charge in [0.1, 0.15) is 6.04 Å². The summed E-state index contributed by atoms with van der Waals surface area (Å²) in [6.07, 6.45) is 5.93. The van der Waals surface area contributed by atoms with Gasteiger partial charge in [0.15, 0.2) is 0 Å². The van der Waals surface area contributed by atoms with Crippen molar-refractivity contribution in [3.05, 3.63) is 53.9 Å². The summed E-state index contributed by atoms with van der Waals surface area (Å²) in [5, 5.41) is 4.36. The van der Waals surface area contributed by atoms with E-state index in [0.717, 1.165) is 37.1 Å². The molecular weight excluding hydrogens is 290 g/mol. The summed E-state index contributed by atoms with van der Waals surface area (Å²) >= 11 is 0. The molecular formula is C18H23N3O2. The molecule has 1 saturated heterocycles. The van der Waals surface area contributed by atoms with Crippen LogP contribution in [0.5, 0.6) is 0 Å². The molecule has 2 heterocycles. The lowest BCUT2D eigenvalue weighted by atomic mass is 9.96. The fourth-order valence-electron chi connectivity index (χ4n) is 3.41. The molecule has 1 aromatic heterocycles. The number of piperidine rings is 1. The Labute approximate surface area is 136 Å². The zero-order chi connectivity index (χ0) is 16.2. The maximum atomic E-state index is 12.5. The molecule has 0 amide bonds. The lowest BCUT2D eigenvalue weighted by Gasteiger charge is -2.37. The van der Waals surface area contributed by atoms with E-state index in [0.29, 0.717) is 6.04 Å². The van der Waals surface area contributed by atoms with Crippen LogP contribution in [0.1, 0.15) is 36.1 Å². The number of ether oxygens (including phenoxy) is 1. The molecule has 0 saturated carbocycles. The molecule has 5 nitrogen and oxygen atoms in total. The Hall–Kier alpha value is -2.14. The second-order valence-corrected chi connectivity index (χ2v) is 6.06. The number of rotatable bonds is 4. The van der Waals surface area contributed by atoms with Gasteiger partial charge in [-0.2, -0.15) is 5.10 Å². The molecule has 2 aromatic rings. The molecule has 5 heteroatoms. The van der Waals surface area contributed by atoms with Crippen LogP contribution in [0.3, 0.4) is 0 Å². The Morgan fingerprint density at radius 2 is 2.17 bits per heavy atom. The molecule has 1 fully saturated rings. The van der Waals surface area contributed by atoms with E-state index in [9.17, 15) is 4.79 Å². The summed E-state index contributed by atoms with van der Waals surface area (Å²) in [6, 6.07) is 9.94. The average Bonchev–Trinajstić information content (AvgIpc) is 3.11. The van der Waals surface area contributed by atoms with Crippen LogP contribution >= 0.6 is 0 Å². The minimum absolute atomic E-state index is 0.194. The van der Waals surface area contributed by atoms with Gasteiger partial charge in [0, 0.05) is 18.9 Å². The van der Waals surface area contributed by atoms with Gasteiger partial charge < -0.3 is 4.74 Å². The molecule has 1 aromatic carbocycles. The van der Waals surface area contributed by atoms with Gasteiger partial charge in [-0.25, -0.2) is 4.79 Å². The molecule has 0 aliphatic carbocycles. The first-order valence-electron chi connectivity index (χ1n) is 8.07. The van der Waals surface area contributed by atoms with Crippen molar-refractivity contribution in [1.29, 1.82) is 0 Å². The number of carbonyl (C=O) groups is 1. The monoisotopic (exact) mass is 313 g/mol. The van der Waals surface area contributed by atoms with Crippen molar-refractivity contribution in [3.8, 4) is 0 Å². The van der Waals surface area contributed by atoms with Gasteiger partial charge in [-0.1, -0.05) is 24.3 Å². The Bertz CT molecular complexity index is 654. The number of aromatic nitrogens is 2. The lowest BCUT2D eigenvalue weighted by molar-refractivity contribution is -0.148. The van der Waals surface area contributed by atoms with Gasteiger partial charge in [0.2, 0.25) is 0 Å². The minimum atomic E-state index is -0.348. The standard InChI is InChI=1S/C18H23N3O2/c1-14-7-3-4-9-16(14)17(18(22)23-2)20-11-5-8-15(13-20)21-12-6-10-19-21/h3-4,6-7,9-10,12,15,17H,5,8,11,13H2,1-2H3. The second kappa shape index (κ2) is 6.96. The van der Waals surface area contributed by atoms with Crippen molar-refractivity contribution >= 4 is 5.97 Å². The van der Waals surface area contributed by atoms with E-state index in [1.165, 1.54) is 7.11 Å². The number of hydrogen-bond donors (Lipinski definition) is 0. The summed E-state index contributed by atoms with van der Waals surface area (Å²) in [6.45, 7) is 3.74. The Morgan fingerprint density at radius 1 is 1.35 bits per heavy atom. The number of carbonyl (C=O) groups excluding carboxylic acids is 1. The van der Waals surface area contributed by atoms with Crippen LogP contribution in [0, 0.1) is 6.92 Å². The van der Waals surface area contributed by atoms with Crippen molar-refractivity contribution in [2.45, 2.75) is 31.8 Å². The predicted octanol–water partition coefficient (Wildman–Crippen LogP) is 2.74. The van der Waals surface area contributed by atoms with Crippen molar-refractivity contribution in [1.82, 2.24) is 14.7 Å². The molecule has 1 aliphatic heterocycles. The van der Waals surface area contributed by atoms with E-state index >= 15 is 0 Å². The summed E-state index contributed by atoms with van der Waals surface area (Å²) in [4.78, 5) is 14.7. The smallest absolute Gasteiger partial charge is 0.327 e. The first-order valence-corrected chi connectivity index (χ1v) is 8.07. The number of hydrogen-bond acceptors (Lipinski definition) is 4. The maximum Gasteiger partial charge on any atom is 0.327 e. The summed E-state index contributed by atoms with van der Waals surface area (Å²) in [5.74, 6) is -0.194. The predicted molar refractivity (Wildman–Crippen MR) is 88.0 cm³/mol. The molecule has 23 heavy (non-hydrogen) atoms. The van der Waals surface area contributed by atoms with Crippen molar-refractivity contribution in [3.63, 3.8) is 0 Å². The molecule has 2 unspecified atom stereocenters. The van der Waals surface area contributed by atoms with Crippen molar-refractivity contribution in [2.75, 3.05) is 20.2 Å². The third-order valence-electron chi connectivity index (χ3n) is 4.60. The summed E-state index contributed by atoms with van der Waals surface area (Å²) in [7, 11) is 1.46. The van der Waals surface area contributed by atoms with E-state index in [-0.39, 0.29) is 12.0 Å². The lowest BCUT2D eigenvalue weighted by Crippen LogP contribution is -2.42. The number of likely N-dealkylation sites (tertiary alicyclic amines) is 1. The first-order chi connectivity index (χ1) is 11.2. The molecule has 2 atom stereocenters. The Kier molecular flexibility index (Phi) is 4.76. The number of nitrogens with zero attached hydrogens (tertiary/aromatic N) is 3. The van der Waals surface area contributed by atoms with Gasteiger partial charge >= 0.3 is 5.97 Å². The van der Waals surface area contributed by atoms with Crippen LogP contribution < -0.4 is 0 Å². The van der Waals surface area contributed by atoms with E-state index in [1.54, 1.807) is 6.20 Å². The van der Waals surface area contributed by atoms with Gasteiger partial charge in [-0.05, 0) is 43.5 Å². The van der Waals surface area contributed by atoms with Crippen molar-refractivity contribution in [2.24, 2.45) is 0 Å². The zero-order valence-corrected chi connectivity index (χ0v) is 13.7. The SMILES string of the molecule is COC(=O)C(c1ccccc1C)N1CCCC(n2cccn2)C1. The van der Waals surface area contributed by atoms with Gasteiger partial charge in [0.05, 0.1) is 13.2 Å². The fraction of sp³-hybridized carbons (Fsp3) is 0.444. The van der Waals surface area contributed by atoms with Gasteiger partial charge in [-0.15, -0.1) is 0 Å². The van der Waals surface area contributed by atoms with Crippen LogP contribution in [0.15, 0.2) is 42.7 Å². The number of aryl methyl sites for hydroxylation is 1. The zero-order valence-electron chi connectivity index (χ0n) is 13.7. The first kappa shape index (κ1) is 15.7. The van der Waals surface area contributed by atoms with E-state index in [1.807, 2.05) is 48.1 Å². The maximum absolute atomic E-state index is 12.5. The van der Waals surface area contributed by atoms with Crippen molar-refractivity contribution < 1.29 is 9.53 Å². The van der Waals surface area contributed by atoms with E-state index in [2.05, 4.69) is 10.00 Å². The largest absolute Gasteiger partial charge is 0.468 e. The van der Waals surface area contributed by atoms with Gasteiger partial charge in [0.25, 0.3) is 0 Å². The van der Waals surface area contributed by atoms with Crippen LogP contribution in [-0.4, -0.2) is 40.8 Å². The van der Waals surface area contributed by atoms with Crippen LogP contribution in [0.2, 0.25) is 0 Å². The second-order valence-electron chi connectivity index (χ2n) is 6.06. The molecule has 0 N–H and O–H groups in total. The molecule has 122 valence electrons. The number of esters is 1. The quantitative estimate of drug-likeness (QED) is 0.814. The van der Waals surface area contributed by atoms with E-state index < -0.39 is 0 Å².